The molecule has 1 aliphatic rings. The molecule has 1 aliphatic heterocycles. The highest BCUT2D eigenvalue weighted by molar-refractivity contribution is 6.09. The maximum absolute atomic E-state index is 15.0. The van der Waals surface area contributed by atoms with E-state index in [0.29, 0.717) is 5.56 Å². The number of nitrogens with zero attached hydrogens (tertiary/aromatic N) is 3. The van der Waals surface area contributed by atoms with Gasteiger partial charge < -0.3 is 5.73 Å². The monoisotopic (exact) mass is 360 g/mol. The van der Waals surface area contributed by atoms with E-state index in [9.17, 15) is 4.79 Å². The van der Waals surface area contributed by atoms with E-state index in [1.165, 1.54) is 18.0 Å². The van der Waals surface area contributed by atoms with Crippen molar-refractivity contribution in [2.24, 2.45) is 10.7 Å². The molecule has 1 unspecified atom stereocenters. The van der Waals surface area contributed by atoms with E-state index < -0.39 is 17.3 Å². The van der Waals surface area contributed by atoms with Gasteiger partial charge in [0.25, 0.3) is 5.91 Å². The molecule has 0 radical (unpaired) electrons. The fourth-order valence-electron chi connectivity index (χ4n) is 3.37. The second-order valence-corrected chi connectivity index (χ2v) is 6.34. The number of aliphatic imine (C=N–C) groups is 1. The Bertz CT molecular complexity index is 1040. The van der Waals surface area contributed by atoms with Crippen LogP contribution in [0.5, 0.6) is 0 Å². The van der Waals surface area contributed by atoms with Gasteiger partial charge in [-0.3, -0.25) is 14.7 Å². The number of rotatable bonds is 3. The Hall–Kier alpha value is -3.54. The van der Waals surface area contributed by atoms with Crippen LogP contribution in [-0.2, 0) is 10.3 Å². The highest BCUT2D eigenvalue weighted by Crippen LogP contribution is 2.41. The number of likely N-dealkylation sites (N-methyl/N-ethyl adjacent to an activating group) is 1. The third-order valence-electron chi connectivity index (χ3n) is 4.80. The zero-order valence-electron chi connectivity index (χ0n) is 14.6. The minimum absolute atomic E-state index is 0.0533. The number of halogens is 1. The van der Waals surface area contributed by atoms with Gasteiger partial charge in [0.15, 0.2) is 11.5 Å². The van der Waals surface area contributed by atoms with Gasteiger partial charge >= 0.3 is 0 Å². The van der Waals surface area contributed by atoms with Crippen LogP contribution < -0.4 is 5.73 Å². The molecule has 1 atom stereocenters. The van der Waals surface area contributed by atoms with Crippen molar-refractivity contribution in [1.82, 2.24) is 9.88 Å². The van der Waals surface area contributed by atoms with E-state index in [-0.39, 0.29) is 11.5 Å². The summed E-state index contributed by atoms with van der Waals surface area (Å²) in [7, 11) is 1.54. The molecule has 0 aliphatic carbocycles. The lowest BCUT2D eigenvalue weighted by atomic mass is 9.81. The van der Waals surface area contributed by atoms with Gasteiger partial charge in [0.2, 0.25) is 0 Å². The largest absolute Gasteiger partial charge is 0.369 e. The number of guanidine groups is 1. The molecular formula is C21H17FN4O. The van der Waals surface area contributed by atoms with Crippen molar-refractivity contribution in [2.75, 3.05) is 7.05 Å². The Balaban J connectivity index is 1.99. The first kappa shape index (κ1) is 16.9. The predicted octanol–water partition coefficient (Wildman–Crippen LogP) is 2.92. The van der Waals surface area contributed by atoms with E-state index in [4.69, 9.17) is 5.73 Å². The number of pyridine rings is 1. The Morgan fingerprint density at radius 1 is 1.00 bits per heavy atom. The lowest BCUT2D eigenvalue weighted by Gasteiger charge is -2.27. The van der Waals surface area contributed by atoms with E-state index >= 15 is 4.39 Å². The standard InChI is InChI=1S/C21H17FN4O/c1-26-19(27)21(25-20(26)23,16-5-3-2-4-6-16)17-13-15(7-8-18(17)22)14-9-11-24-12-10-14/h2-13H,1H3,(H2,23,25). The third-order valence-corrected chi connectivity index (χ3v) is 4.80. The second kappa shape index (κ2) is 6.32. The van der Waals surface area contributed by atoms with Crippen LogP contribution in [-0.4, -0.2) is 28.8 Å². The van der Waals surface area contributed by atoms with Gasteiger partial charge in [0.1, 0.15) is 5.82 Å². The molecule has 1 amide bonds. The molecule has 0 bridgehead atoms. The van der Waals surface area contributed by atoms with Crippen LogP contribution in [0.4, 0.5) is 4.39 Å². The number of benzene rings is 2. The number of carbonyl (C=O) groups is 1. The summed E-state index contributed by atoms with van der Waals surface area (Å²) in [5, 5.41) is 0. The van der Waals surface area contributed by atoms with Crippen LogP contribution in [0.15, 0.2) is 78.0 Å². The molecule has 0 saturated heterocycles. The summed E-state index contributed by atoms with van der Waals surface area (Å²) < 4.78 is 15.0. The van der Waals surface area contributed by atoms with Crippen molar-refractivity contribution in [2.45, 2.75) is 5.54 Å². The molecule has 27 heavy (non-hydrogen) atoms. The molecular weight excluding hydrogens is 343 g/mol. The Morgan fingerprint density at radius 2 is 1.70 bits per heavy atom. The average molecular weight is 360 g/mol. The number of amides is 1. The summed E-state index contributed by atoms with van der Waals surface area (Å²) in [6.07, 6.45) is 3.33. The van der Waals surface area contributed by atoms with Crippen LogP contribution in [0.3, 0.4) is 0 Å². The van der Waals surface area contributed by atoms with Gasteiger partial charge in [-0.1, -0.05) is 36.4 Å². The quantitative estimate of drug-likeness (QED) is 0.781. The maximum Gasteiger partial charge on any atom is 0.266 e. The molecule has 1 aromatic heterocycles. The van der Waals surface area contributed by atoms with Crippen molar-refractivity contribution in [3.05, 3.63) is 90.0 Å². The smallest absolute Gasteiger partial charge is 0.266 e. The topological polar surface area (TPSA) is 71.6 Å². The molecule has 0 saturated carbocycles. The number of carbonyl (C=O) groups excluding carboxylic acids is 1. The van der Waals surface area contributed by atoms with Crippen molar-refractivity contribution >= 4 is 11.9 Å². The van der Waals surface area contributed by atoms with Crippen molar-refractivity contribution in [1.29, 1.82) is 0 Å². The molecule has 0 fully saturated rings. The van der Waals surface area contributed by atoms with Gasteiger partial charge in [0, 0.05) is 25.0 Å². The fraction of sp³-hybridized carbons (Fsp3) is 0.0952. The van der Waals surface area contributed by atoms with Gasteiger partial charge in [0.05, 0.1) is 0 Å². The Labute approximate surface area is 156 Å². The molecule has 5 nitrogen and oxygen atoms in total. The summed E-state index contributed by atoms with van der Waals surface area (Å²) >= 11 is 0. The molecule has 2 aromatic carbocycles. The van der Waals surface area contributed by atoms with Crippen LogP contribution in [0.25, 0.3) is 11.1 Å². The van der Waals surface area contributed by atoms with Crippen LogP contribution in [0, 0.1) is 5.82 Å². The number of nitrogens with two attached hydrogens (primary N) is 1. The first-order valence-corrected chi connectivity index (χ1v) is 8.43. The molecule has 2 N–H and O–H groups in total. The highest BCUT2D eigenvalue weighted by Gasteiger charge is 2.50. The van der Waals surface area contributed by atoms with Crippen molar-refractivity contribution < 1.29 is 9.18 Å². The Morgan fingerprint density at radius 3 is 2.33 bits per heavy atom. The van der Waals surface area contributed by atoms with E-state index in [1.807, 2.05) is 18.2 Å². The normalized spacial score (nSPS) is 19.3. The minimum Gasteiger partial charge on any atom is -0.369 e. The number of hydrogen-bond donors (Lipinski definition) is 1. The van der Waals surface area contributed by atoms with Crippen LogP contribution in [0.1, 0.15) is 11.1 Å². The molecule has 3 aromatic rings. The van der Waals surface area contributed by atoms with Crippen LogP contribution in [0.2, 0.25) is 0 Å². The summed E-state index contributed by atoms with van der Waals surface area (Å²) in [5.41, 5.74) is 6.75. The van der Waals surface area contributed by atoms with Crippen molar-refractivity contribution in [3.8, 4) is 11.1 Å². The lowest BCUT2D eigenvalue weighted by molar-refractivity contribution is -0.129. The molecule has 0 spiro atoms. The van der Waals surface area contributed by atoms with E-state index in [0.717, 1.165) is 11.1 Å². The van der Waals surface area contributed by atoms with Gasteiger partial charge in [-0.25, -0.2) is 9.38 Å². The summed E-state index contributed by atoms with van der Waals surface area (Å²) in [4.78, 5) is 22.9. The molecule has 2 heterocycles. The van der Waals surface area contributed by atoms with Crippen LogP contribution >= 0.6 is 0 Å². The fourth-order valence-corrected chi connectivity index (χ4v) is 3.37. The van der Waals surface area contributed by atoms with Crippen molar-refractivity contribution in [3.63, 3.8) is 0 Å². The predicted molar refractivity (Wildman–Crippen MR) is 101 cm³/mol. The van der Waals surface area contributed by atoms with E-state index in [1.54, 1.807) is 48.8 Å². The molecule has 6 heteroatoms. The first-order valence-electron chi connectivity index (χ1n) is 8.43. The second-order valence-electron chi connectivity index (χ2n) is 6.34. The summed E-state index contributed by atoms with van der Waals surface area (Å²) in [6.45, 7) is 0. The summed E-state index contributed by atoms with van der Waals surface area (Å²) in [5.74, 6) is -0.855. The van der Waals surface area contributed by atoms with Gasteiger partial charge in [-0.05, 0) is 41.0 Å². The first-order chi connectivity index (χ1) is 13.0. The lowest BCUT2D eigenvalue weighted by Crippen LogP contribution is -2.41. The van der Waals surface area contributed by atoms with E-state index in [2.05, 4.69) is 9.98 Å². The minimum atomic E-state index is -1.55. The van der Waals surface area contributed by atoms with Gasteiger partial charge in [-0.15, -0.1) is 0 Å². The highest BCUT2D eigenvalue weighted by atomic mass is 19.1. The zero-order valence-corrected chi connectivity index (χ0v) is 14.6. The third kappa shape index (κ3) is 2.57. The average Bonchev–Trinajstić information content (AvgIpc) is 2.94. The number of hydrogen-bond acceptors (Lipinski definition) is 4. The Kier molecular flexibility index (Phi) is 3.96. The maximum atomic E-state index is 15.0. The zero-order chi connectivity index (χ0) is 19.0. The SMILES string of the molecule is CN1C(=O)C(c2ccccc2)(c2cc(-c3ccncc3)ccc2F)N=C1N. The molecule has 134 valence electrons. The van der Waals surface area contributed by atoms with Gasteiger partial charge in [-0.2, -0.15) is 0 Å². The molecule has 4 rings (SSSR count). The number of aromatic nitrogens is 1. The summed E-state index contributed by atoms with van der Waals surface area (Å²) in [6, 6.07) is 17.3.